The molecule has 1 saturated carbocycles. The van der Waals surface area contributed by atoms with E-state index in [-0.39, 0.29) is 12.0 Å². The predicted molar refractivity (Wildman–Crippen MR) is 84.5 cm³/mol. The van der Waals surface area contributed by atoms with Crippen LogP contribution in [0, 0.1) is 11.3 Å². The Morgan fingerprint density at radius 3 is 2.36 bits per heavy atom. The zero-order valence-corrected chi connectivity index (χ0v) is 13.6. The SMILES string of the molecule is O=C(CCC1CCCC1)N1CCN(CC2(CO)COC2)CC1. The van der Waals surface area contributed by atoms with Crippen molar-refractivity contribution in [2.75, 3.05) is 52.5 Å². The third-order valence-corrected chi connectivity index (χ3v) is 5.68. The molecule has 0 atom stereocenters. The lowest BCUT2D eigenvalue weighted by Crippen LogP contribution is -2.57. The van der Waals surface area contributed by atoms with Gasteiger partial charge in [0.1, 0.15) is 0 Å². The Hall–Kier alpha value is -0.650. The molecule has 1 N–H and O–H groups in total. The van der Waals surface area contributed by atoms with Gasteiger partial charge in [0.2, 0.25) is 5.91 Å². The van der Waals surface area contributed by atoms with Crippen molar-refractivity contribution >= 4 is 5.91 Å². The zero-order valence-electron chi connectivity index (χ0n) is 13.6. The van der Waals surface area contributed by atoms with Crippen molar-refractivity contribution in [3.63, 3.8) is 0 Å². The van der Waals surface area contributed by atoms with Gasteiger partial charge in [-0.25, -0.2) is 0 Å². The number of piperazine rings is 1. The predicted octanol–water partition coefficient (Wildman–Crippen LogP) is 1.11. The van der Waals surface area contributed by atoms with Crippen LogP contribution in [-0.4, -0.2) is 73.4 Å². The van der Waals surface area contributed by atoms with Crippen LogP contribution >= 0.6 is 0 Å². The van der Waals surface area contributed by atoms with E-state index in [1.54, 1.807) is 0 Å². The van der Waals surface area contributed by atoms with Crippen LogP contribution in [0.25, 0.3) is 0 Å². The first kappa shape index (κ1) is 16.2. The number of aliphatic hydroxyl groups is 1. The number of carbonyl (C=O) groups is 1. The molecule has 0 aromatic heterocycles. The third kappa shape index (κ3) is 3.81. The Labute approximate surface area is 133 Å². The molecule has 5 heteroatoms. The fourth-order valence-electron chi connectivity index (χ4n) is 4.04. The molecular formula is C17H30N2O3. The number of nitrogens with zero attached hydrogens (tertiary/aromatic N) is 2. The fraction of sp³-hybridized carbons (Fsp3) is 0.941. The number of carbonyl (C=O) groups excluding carboxylic acids is 1. The largest absolute Gasteiger partial charge is 0.396 e. The minimum absolute atomic E-state index is 0.0470. The minimum atomic E-state index is -0.0470. The summed E-state index contributed by atoms with van der Waals surface area (Å²) < 4.78 is 5.26. The Balaban J connectivity index is 1.36. The van der Waals surface area contributed by atoms with E-state index in [0.29, 0.717) is 19.1 Å². The Morgan fingerprint density at radius 1 is 1.14 bits per heavy atom. The molecule has 3 fully saturated rings. The van der Waals surface area contributed by atoms with Gasteiger partial charge in [0.15, 0.2) is 0 Å². The topological polar surface area (TPSA) is 53.0 Å². The highest BCUT2D eigenvalue weighted by Crippen LogP contribution is 2.29. The Kier molecular flexibility index (Phi) is 5.37. The van der Waals surface area contributed by atoms with Gasteiger partial charge in [-0.1, -0.05) is 25.7 Å². The number of aliphatic hydroxyl groups excluding tert-OH is 1. The molecule has 5 nitrogen and oxygen atoms in total. The van der Waals surface area contributed by atoms with Crippen molar-refractivity contribution in [2.45, 2.75) is 38.5 Å². The van der Waals surface area contributed by atoms with Gasteiger partial charge in [0.25, 0.3) is 0 Å². The van der Waals surface area contributed by atoms with E-state index in [1.807, 2.05) is 4.90 Å². The lowest BCUT2D eigenvalue weighted by atomic mass is 9.86. The second kappa shape index (κ2) is 7.28. The number of amides is 1. The van der Waals surface area contributed by atoms with E-state index in [4.69, 9.17) is 4.74 Å². The molecule has 0 aromatic carbocycles. The van der Waals surface area contributed by atoms with Crippen LogP contribution in [0.2, 0.25) is 0 Å². The van der Waals surface area contributed by atoms with Crippen LogP contribution in [0.4, 0.5) is 0 Å². The average molecular weight is 310 g/mol. The molecule has 126 valence electrons. The van der Waals surface area contributed by atoms with Crippen LogP contribution in [0.3, 0.4) is 0 Å². The standard InChI is InChI=1S/C17H30N2O3/c20-12-17(13-22-14-17)11-18-7-9-19(10-8-18)16(21)6-5-15-3-1-2-4-15/h15,20H,1-14H2. The summed E-state index contributed by atoms with van der Waals surface area (Å²) in [7, 11) is 0. The summed E-state index contributed by atoms with van der Waals surface area (Å²) >= 11 is 0. The average Bonchev–Trinajstić information content (AvgIpc) is 3.02. The zero-order chi connectivity index (χ0) is 15.4. The quantitative estimate of drug-likeness (QED) is 0.798. The minimum Gasteiger partial charge on any atom is -0.396 e. The molecule has 3 rings (SSSR count). The molecule has 0 unspecified atom stereocenters. The number of rotatable bonds is 6. The van der Waals surface area contributed by atoms with E-state index < -0.39 is 0 Å². The first-order valence-corrected chi connectivity index (χ1v) is 8.89. The van der Waals surface area contributed by atoms with E-state index >= 15 is 0 Å². The van der Waals surface area contributed by atoms with Gasteiger partial charge in [-0.15, -0.1) is 0 Å². The van der Waals surface area contributed by atoms with E-state index in [2.05, 4.69) is 4.90 Å². The molecule has 2 aliphatic heterocycles. The smallest absolute Gasteiger partial charge is 0.222 e. The summed E-state index contributed by atoms with van der Waals surface area (Å²) in [6.45, 7) is 5.97. The fourth-order valence-corrected chi connectivity index (χ4v) is 4.04. The highest BCUT2D eigenvalue weighted by atomic mass is 16.5. The van der Waals surface area contributed by atoms with Crippen molar-refractivity contribution in [2.24, 2.45) is 11.3 Å². The van der Waals surface area contributed by atoms with Crippen molar-refractivity contribution in [3.05, 3.63) is 0 Å². The molecule has 2 heterocycles. The molecule has 22 heavy (non-hydrogen) atoms. The van der Waals surface area contributed by atoms with Crippen LogP contribution in [-0.2, 0) is 9.53 Å². The van der Waals surface area contributed by atoms with Crippen molar-refractivity contribution in [1.82, 2.24) is 9.80 Å². The van der Waals surface area contributed by atoms with Gasteiger partial charge >= 0.3 is 0 Å². The summed E-state index contributed by atoms with van der Waals surface area (Å²) in [5, 5.41) is 9.51. The van der Waals surface area contributed by atoms with Gasteiger partial charge in [0, 0.05) is 39.1 Å². The van der Waals surface area contributed by atoms with Gasteiger partial charge in [0.05, 0.1) is 25.2 Å². The first-order chi connectivity index (χ1) is 10.7. The van der Waals surface area contributed by atoms with Crippen LogP contribution < -0.4 is 0 Å². The molecule has 3 aliphatic rings. The summed E-state index contributed by atoms with van der Waals surface area (Å²) in [6.07, 6.45) is 7.18. The molecule has 0 spiro atoms. The summed E-state index contributed by atoms with van der Waals surface area (Å²) in [4.78, 5) is 16.7. The molecule has 2 saturated heterocycles. The van der Waals surface area contributed by atoms with E-state index in [0.717, 1.165) is 51.5 Å². The molecule has 1 amide bonds. The Bertz CT molecular complexity index is 365. The second-order valence-corrected chi connectivity index (χ2v) is 7.50. The number of hydrogen-bond acceptors (Lipinski definition) is 4. The summed E-state index contributed by atoms with van der Waals surface area (Å²) in [5.41, 5.74) is -0.0470. The maximum atomic E-state index is 12.3. The first-order valence-electron chi connectivity index (χ1n) is 8.89. The van der Waals surface area contributed by atoms with Crippen molar-refractivity contribution in [3.8, 4) is 0 Å². The number of hydrogen-bond donors (Lipinski definition) is 1. The van der Waals surface area contributed by atoms with Crippen molar-refractivity contribution in [1.29, 1.82) is 0 Å². The molecule has 0 radical (unpaired) electrons. The normalized spacial score (nSPS) is 26.1. The van der Waals surface area contributed by atoms with Crippen molar-refractivity contribution < 1.29 is 14.6 Å². The molecular weight excluding hydrogens is 280 g/mol. The van der Waals surface area contributed by atoms with Crippen LogP contribution in [0.1, 0.15) is 38.5 Å². The molecule has 0 bridgehead atoms. The van der Waals surface area contributed by atoms with Gasteiger partial charge in [-0.2, -0.15) is 0 Å². The van der Waals surface area contributed by atoms with E-state index in [1.165, 1.54) is 25.7 Å². The molecule has 1 aliphatic carbocycles. The van der Waals surface area contributed by atoms with Crippen LogP contribution in [0.15, 0.2) is 0 Å². The van der Waals surface area contributed by atoms with Crippen LogP contribution in [0.5, 0.6) is 0 Å². The van der Waals surface area contributed by atoms with Gasteiger partial charge < -0.3 is 14.7 Å². The maximum absolute atomic E-state index is 12.3. The summed E-state index contributed by atoms with van der Waals surface area (Å²) in [6, 6.07) is 0. The lowest BCUT2D eigenvalue weighted by Gasteiger charge is -2.45. The highest BCUT2D eigenvalue weighted by Gasteiger charge is 2.40. The van der Waals surface area contributed by atoms with Gasteiger partial charge in [-0.05, 0) is 12.3 Å². The molecule has 0 aromatic rings. The highest BCUT2D eigenvalue weighted by molar-refractivity contribution is 5.76. The summed E-state index contributed by atoms with van der Waals surface area (Å²) in [5.74, 6) is 1.14. The number of ether oxygens (including phenoxy) is 1. The van der Waals surface area contributed by atoms with E-state index in [9.17, 15) is 9.90 Å². The second-order valence-electron chi connectivity index (χ2n) is 7.50. The Morgan fingerprint density at radius 2 is 1.82 bits per heavy atom. The third-order valence-electron chi connectivity index (χ3n) is 5.68. The lowest BCUT2D eigenvalue weighted by molar-refractivity contribution is -0.152. The van der Waals surface area contributed by atoms with Gasteiger partial charge in [-0.3, -0.25) is 9.69 Å². The maximum Gasteiger partial charge on any atom is 0.222 e. The monoisotopic (exact) mass is 310 g/mol.